The molecule has 0 unspecified atom stereocenters. The van der Waals surface area contributed by atoms with Crippen LogP contribution in [-0.4, -0.2) is 32.0 Å². The van der Waals surface area contributed by atoms with E-state index in [1.54, 1.807) is 12.1 Å². The van der Waals surface area contributed by atoms with Gasteiger partial charge in [-0.3, -0.25) is 4.72 Å². The molecule has 0 aliphatic heterocycles. The van der Waals surface area contributed by atoms with Crippen molar-refractivity contribution in [1.82, 2.24) is 4.57 Å². The molecule has 0 amide bonds. The fourth-order valence-corrected chi connectivity index (χ4v) is 5.21. The van der Waals surface area contributed by atoms with Gasteiger partial charge in [-0.15, -0.1) is 0 Å². The van der Waals surface area contributed by atoms with E-state index in [2.05, 4.69) is 9.29 Å². The molecule has 1 heterocycles. The number of hydrogen-bond donors (Lipinski definition) is 2. The zero-order valence-corrected chi connectivity index (χ0v) is 18.4. The zero-order valence-electron chi connectivity index (χ0n) is 17.6. The van der Waals surface area contributed by atoms with Crippen molar-refractivity contribution in [2.75, 3.05) is 29.5 Å². The molecule has 1 aromatic heterocycles. The predicted octanol–water partition coefficient (Wildman–Crippen LogP) is 5.12. The summed E-state index contributed by atoms with van der Waals surface area (Å²) in [5.74, 6) is 0.709. The van der Waals surface area contributed by atoms with Crippen LogP contribution >= 0.6 is 0 Å². The molecule has 3 N–H and O–H groups in total. The first-order chi connectivity index (χ1) is 14.9. The number of halogens is 1. The first-order valence-electron chi connectivity index (χ1n) is 10.7. The third-order valence-electron chi connectivity index (χ3n) is 5.71. The van der Waals surface area contributed by atoms with E-state index in [1.807, 2.05) is 37.3 Å². The van der Waals surface area contributed by atoms with Gasteiger partial charge in [0.15, 0.2) is 0 Å². The lowest BCUT2D eigenvalue weighted by molar-refractivity contribution is 0.273. The highest BCUT2D eigenvalue weighted by atomic mass is 32.2. The van der Waals surface area contributed by atoms with Crippen LogP contribution < -0.4 is 15.2 Å². The minimum absolute atomic E-state index is 0.0212. The summed E-state index contributed by atoms with van der Waals surface area (Å²) >= 11 is 0. The molecule has 4 rings (SSSR count). The lowest BCUT2D eigenvalue weighted by atomic mass is 9.92. The Balaban J connectivity index is 1.75. The van der Waals surface area contributed by atoms with E-state index < -0.39 is 16.7 Å². The number of nitrogens with zero attached hydrogens (tertiary/aromatic N) is 1. The van der Waals surface area contributed by atoms with Crippen LogP contribution in [0.3, 0.4) is 0 Å². The molecular formula is C23H28FN3O3S. The quantitative estimate of drug-likeness (QED) is 0.479. The SMILES string of the molecule is CCCS(=O)(=O)Nc1ccc(-c2c(N)c3ccc(OCCF)cc3n2C2CCC2)cc1. The molecule has 1 aliphatic rings. The molecule has 31 heavy (non-hydrogen) atoms. The van der Waals surface area contributed by atoms with E-state index in [-0.39, 0.29) is 12.4 Å². The van der Waals surface area contributed by atoms with E-state index in [4.69, 9.17) is 10.5 Å². The lowest BCUT2D eigenvalue weighted by Gasteiger charge is -2.30. The molecule has 0 spiro atoms. The van der Waals surface area contributed by atoms with Gasteiger partial charge in [-0.1, -0.05) is 19.1 Å². The van der Waals surface area contributed by atoms with Gasteiger partial charge >= 0.3 is 0 Å². The average Bonchev–Trinajstić information content (AvgIpc) is 2.97. The van der Waals surface area contributed by atoms with E-state index in [9.17, 15) is 12.8 Å². The Morgan fingerprint density at radius 1 is 1.19 bits per heavy atom. The zero-order chi connectivity index (χ0) is 22.0. The molecule has 1 aliphatic carbocycles. The molecule has 166 valence electrons. The third kappa shape index (κ3) is 4.35. The number of nitrogens with two attached hydrogens (primary N) is 1. The third-order valence-corrected chi connectivity index (χ3v) is 7.20. The summed E-state index contributed by atoms with van der Waals surface area (Å²) in [7, 11) is -3.34. The number of sulfonamides is 1. The smallest absolute Gasteiger partial charge is 0.232 e. The number of anilines is 2. The second-order valence-electron chi connectivity index (χ2n) is 7.93. The van der Waals surface area contributed by atoms with Crippen LogP contribution in [-0.2, 0) is 10.0 Å². The fraction of sp³-hybridized carbons (Fsp3) is 0.391. The van der Waals surface area contributed by atoms with Crippen LogP contribution in [0, 0.1) is 0 Å². The normalized spacial score (nSPS) is 14.5. The van der Waals surface area contributed by atoms with Gasteiger partial charge in [0.2, 0.25) is 10.0 Å². The Bertz CT molecular complexity index is 1170. The first kappa shape index (κ1) is 21.5. The second-order valence-corrected chi connectivity index (χ2v) is 9.77. The molecule has 8 heteroatoms. The number of benzene rings is 2. The van der Waals surface area contributed by atoms with E-state index >= 15 is 0 Å². The summed E-state index contributed by atoms with van der Waals surface area (Å²) in [5, 5.41) is 0.933. The van der Waals surface area contributed by atoms with Gasteiger partial charge in [0.1, 0.15) is 19.0 Å². The molecule has 0 atom stereocenters. The first-order valence-corrected chi connectivity index (χ1v) is 12.3. The number of alkyl halides is 1. The van der Waals surface area contributed by atoms with Crippen molar-refractivity contribution in [3.8, 4) is 17.0 Å². The Hall–Kier alpha value is -2.74. The summed E-state index contributed by atoms with van der Waals surface area (Å²) in [6.07, 6.45) is 3.86. The maximum absolute atomic E-state index is 12.5. The number of aromatic nitrogens is 1. The van der Waals surface area contributed by atoms with Gasteiger partial charge < -0.3 is 15.0 Å². The molecule has 6 nitrogen and oxygen atoms in total. The number of nitrogen functional groups attached to an aromatic ring is 1. The van der Waals surface area contributed by atoms with Crippen molar-refractivity contribution in [3.63, 3.8) is 0 Å². The maximum atomic E-state index is 12.5. The van der Waals surface area contributed by atoms with Crippen molar-refractivity contribution in [3.05, 3.63) is 42.5 Å². The molecular weight excluding hydrogens is 417 g/mol. The molecule has 0 bridgehead atoms. The van der Waals surface area contributed by atoms with Crippen LogP contribution in [0.25, 0.3) is 22.2 Å². The number of rotatable bonds is 9. The molecule has 3 aromatic rings. The molecule has 2 aromatic carbocycles. The maximum Gasteiger partial charge on any atom is 0.232 e. The average molecular weight is 446 g/mol. The van der Waals surface area contributed by atoms with Crippen molar-refractivity contribution >= 4 is 32.3 Å². The second kappa shape index (κ2) is 8.78. The predicted molar refractivity (Wildman–Crippen MR) is 124 cm³/mol. The van der Waals surface area contributed by atoms with Crippen LogP contribution in [0.15, 0.2) is 42.5 Å². The topological polar surface area (TPSA) is 86.3 Å². The lowest BCUT2D eigenvalue weighted by Crippen LogP contribution is -2.18. The van der Waals surface area contributed by atoms with Crippen LogP contribution in [0.4, 0.5) is 15.8 Å². The molecule has 0 radical (unpaired) electrons. The van der Waals surface area contributed by atoms with Crippen molar-refractivity contribution in [1.29, 1.82) is 0 Å². The Labute approximate surface area is 182 Å². The van der Waals surface area contributed by atoms with E-state index in [0.29, 0.717) is 29.6 Å². The largest absolute Gasteiger partial charge is 0.491 e. The highest BCUT2D eigenvalue weighted by molar-refractivity contribution is 7.92. The fourth-order valence-electron chi connectivity index (χ4n) is 4.08. The van der Waals surface area contributed by atoms with Crippen molar-refractivity contribution in [2.45, 2.75) is 38.6 Å². The standard InChI is InChI=1S/C23H28FN3O3S/c1-2-14-31(28,29)26-17-8-6-16(7-9-17)23-22(25)20-11-10-19(30-13-12-24)15-21(20)27(23)18-4-3-5-18/h6-11,15,18,26H,2-5,12-14,25H2,1H3. The minimum Gasteiger partial charge on any atom is -0.491 e. The van der Waals surface area contributed by atoms with Crippen LogP contribution in [0.1, 0.15) is 38.6 Å². The van der Waals surface area contributed by atoms with Gasteiger partial charge in [-0.25, -0.2) is 12.8 Å². The van der Waals surface area contributed by atoms with Gasteiger partial charge in [-0.2, -0.15) is 0 Å². The number of ether oxygens (including phenoxy) is 1. The van der Waals surface area contributed by atoms with Crippen molar-refractivity contribution in [2.24, 2.45) is 0 Å². The van der Waals surface area contributed by atoms with Crippen LogP contribution in [0.5, 0.6) is 5.75 Å². The van der Waals surface area contributed by atoms with E-state index in [0.717, 1.165) is 35.0 Å². The van der Waals surface area contributed by atoms with Gasteiger partial charge in [0.05, 0.1) is 22.7 Å². The summed E-state index contributed by atoms with van der Waals surface area (Å²) < 4.78 is 47.0. The summed E-state index contributed by atoms with van der Waals surface area (Å²) in [6.45, 7) is 1.31. The highest BCUT2D eigenvalue weighted by Gasteiger charge is 2.27. The molecule has 1 fully saturated rings. The Morgan fingerprint density at radius 2 is 1.94 bits per heavy atom. The summed E-state index contributed by atoms with van der Waals surface area (Å²) in [4.78, 5) is 0. The van der Waals surface area contributed by atoms with Crippen molar-refractivity contribution < 1.29 is 17.5 Å². The molecule has 1 saturated carbocycles. The minimum atomic E-state index is -3.34. The molecule has 0 saturated heterocycles. The number of nitrogens with one attached hydrogen (secondary N) is 1. The monoisotopic (exact) mass is 445 g/mol. The van der Waals surface area contributed by atoms with Gasteiger partial charge in [-0.05, 0) is 49.9 Å². The van der Waals surface area contributed by atoms with Crippen LogP contribution in [0.2, 0.25) is 0 Å². The highest BCUT2D eigenvalue weighted by Crippen LogP contribution is 2.44. The Kier molecular flexibility index (Phi) is 6.09. The van der Waals surface area contributed by atoms with E-state index in [1.165, 1.54) is 6.42 Å². The number of fused-ring (bicyclic) bond motifs is 1. The number of hydrogen-bond acceptors (Lipinski definition) is 4. The van der Waals surface area contributed by atoms with Gasteiger partial charge in [0, 0.05) is 28.7 Å². The summed E-state index contributed by atoms with van der Waals surface area (Å²) in [5.41, 5.74) is 10.6. The Morgan fingerprint density at radius 3 is 2.55 bits per heavy atom. The van der Waals surface area contributed by atoms with Gasteiger partial charge in [0.25, 0.3) is 0 Å². The summed E-state index contributed by atoms with van der Waals surface area (Å²) in [6, 6.07) is 13.3.